The Balaban J connectivity index is 1.46. The highest BCUT2D eigenvalue weighted by atomic mass is 79.9. The Morgan fingerprint density at radius 3 is 2.76 bits per heavy atom. The van der Waals surface area contributed by atoms with Crippen molar-refractivity contribution < 1.29 is 14.3 Å². The van der Waals surface area contributed by atoms with Crippen molar-refractivity contribution in [2.24, 2.45) is 0 Å². The molecular formula is C30H37BrN4O3. The van der Waals surface area contributed by atoms with Crippen LogP contribution in [0.1, 0.15) is 85.6 Å². The average Bonchev–Trinajstić information content (AvgIpc) is 3.35. The molecule has 0 spiro atoms. The van der Waals surface area contributed by atoms with Gasteiger partial charge in [-0.05, 0) is 60.1 Å². The number of carbonyl (C=O) groups is 2. The van der Waals surface area contributed by atoms with E-state index in [9.17, 15) is 9.59 Å². The second kappa shape index (κ2) is 12.2. The maximum Gasteiger partial charge on any atom is 0.306 e. The number of benzene rings is 1. The monoisotopic (exact) mass is 580 g/mol. The molecule has 0 unspecified atom stereocenters. The molecule has 1 aromatic carbocycles. The van der Waals surface area contributed by atoms with Crippen LogP contribution in [0.5, 0.6) is 0 Å². The molecule has 7 nitrogen and oxygen atoms in total. The normalized spacial score (nSPS) is 13.9. The van der Waals surface area contributed by atoms with Crippen molar-refractivity contribution in [2.75, 3.05) is 18.5 Å². The number of ether oxygens (including phenoxy) is 1. The van der Waals surface area contributed by atoms with E-state index < -0.39 is 0 Å². The molecule has 0 amide bonds. The fourth-order valence-electron chi connectivity index (χ4n) is 4.72. The summed E-state index contributed by atoms with van der Waals surface area (Å²) in [6.07, 6.45) is 6.68. The number of halogens is 1. The van der Waals surface area contributed by atoms with Crippen LogP contribution in [-0.2, 0) is 34.3 Å². The number of Topliss-reactive ketones (excluding diaryl/α,β-unsaturated/α-hetero) is 1. The molecule has 0 saturated heterocycles. The maximum atomic E-state index is 13.3. The Kier molecular flexibility index (Phi) is 9.03. The Morgan fingerprint density at radius 2 is 2.00 bits per heavy atom. The van der Waals surface area contributed by atoms with E-state index in [1.165, 1.54) is 5.56 Å². The van der Waals surface area contributed by atoms with Gasteiger partial charge in [0.2, 0.25) is 0 Å². The molecule has 3 aromatic rings. The lowest BCUT2D eigenvalue weighted by Gasteiger charge is -2.23. The van der Waals surface area contributed by atoms with E-state index in [2.05, 4.69) is 71.4 Å². The summed E-state index contributed by atoms with van der Waals surface area (Å²) in [5, 5.41) is 7.80. The van der Waals surface area contributed by atoms with Crippen LogP contribution >= 0.6 is 15.9 Å². The lowest BCUT2D eigenvalue weighted by atomic mass is 9.82. The Hall–Kier alpha value is -3.00. The number of carbonyl (C=O) groups excluding carboxylic acids is 2. The van der Waals surface area contributed by atoms with Gasteiger partial charge in [0, 0.05) is 48.2 Å². The molecule has 0 radical (unpaired) electrons. The lowest BCUT2D eigenvalue weighted by Crippen LogP contribution is -2.16. The molecule has 1 aliphatic rings. The van der Waals surface area contributed by atoms with Crippen LogP contribution < -0.4 is 5.32 Å². The first-order chi connectivity index (χ1) is 18.1. The van der Waals surface area contributed by atoms with Gasteiger partial charge >= 0.3 is 5.97 Å². The second-order valence-corrected chi connectivity index (χ2v) is 11.9. The number of esters is 1. The first-order valence-electron chi connectivity index (χ1n) is 13.4. The van der Waals surface area contributed by atoms with Crippen LogP contribution in [-0.4, -0.2) is 39.7 Å². The number of aromatic nitrogens is 3. The highest BCUT2D eigenvalue weighted by Crippen LogP contribution is 2.33. The van der Waals surface area contributed by atoms with Gasteiger partial charge in [0.1, 0.15) is 5.82 Å². The van der Waals surface area contributed by atoms with Gasteiger partial charge in [-0.15, -0.1) is 0 Å². The summed E-state index contributed by atoms with van der Waals surface area (Å²) < 4.78 is 7.95. The van der Waals surface area contributed by atoms with Gasteiger partial charge in [0.15, 0.2) is 5.78 Å². The van der Waals surface area contributed by atoms with Gasteiger partial charge in [0.05, 0.1) is 24.8 Å². The van der Waals surface area contributed by atoms with Crippen LogP contribution in [0.2, 0.25) is 0 Å². The molecule has 1 atom stereocenters. The number of aryl methyl sites for hydroxylation is 3. The van der Waals surface area contributed by atoms with E-state index in [1.54, 1.807) is 24.0 Å². The highest BCUT2D eigenvalue weighted by Gasteiger charge is 2.24. The number of nitrogens with one attached hydrogen (secondary N) is 1. The number of fused-ring (bicyclic) bond motifs is 1. The lowest BCUT2D eigenvalue weighted by molar-refractivity contribution is -0.143. The third-order valence-corrected chi connectivity index (χ3v) is 7.37. The first-order valence-corrected chi connectivity index (χ1v) is 14.2. The zero-order valence-corrected chi connectivity index (χ0v) is 24.3. The average molecular weight is 582 g/mol. The van der Waals surface area contributed by atoms with Gasteiger partial charge < -0.3 is 10.1 Å². The fraction of sp³-hybridized carbons (Fsp3) is 0.467. The van der Waals surface area contributed by atoms with Crippen molar-refractivity contribution in [2.45, 2.75) is 77.7 Å². The quantitative estimate of drug-likeness (QED) is 0.225. The number of hydrogen-bond acceptors (Lipinski definition) is 6. The fourth-order valence-corrected chi connectivity index (χ4v) is 5.23. The van der Waals surface area contributed by atoms with Crippen LogP contribution in [0.3, 0.4) is 0 Å². The second-order valence-electron chi connectivity index (χ2n) is 10.9. The van der Waals surface area contributed by atoms with E-state index in [0.717, 1.165) is 52.9 Å². The van der Waals surface area contributed by atoms with Crippen molar-refractivity contribution in [3.8, 4) is 0 Å². The number of nitrogens with zero attached hydrogens (tertiary/aromatic N) is 3. The molecule has 202 valence electrons. The van der Waals surface area contributed by atoms with Crippen molar-refractivity contribution in [3.05, 3.63) is 75.1 Å². The van der Waals surface area contributed by atoms with Crippen LogP contribution in [0.4, 0.5) is 5.82 Å². The molecule has 1 aliphatic heterocycles. The summed E-state index contributed by atoms with van der Waals surface area (Å²) in [6, 6.07) is 10.4. The summed E-state index contributed by atoms with van der Waals surface area (Å²) in [5.41, 5.74) is 4.84. The molecule has 1 N–H and O–H groups in total. The Morgan fingerprint density at radius 1 is 1.18 bits per heavy atom. The van der Waals surface area contributed by atoms with Crippen LogP contribution in [0.15, 0.2) is 47.2 Å². The number of rotatable bonds is 10. The van der Waals surface area contributed by atoms with Gasteiger partial charge in [-0.3, -0.25) is 14.3 Å². The first kappa shape index (κ1) is 28.0. The molecule has 0 saturated carbocycles. The third-order valence-electron chi connectivity index (χ3n) is 6.91. The van der Waals surface area contributed by atoms with Gasteiger partial charge in [-0.2, -0.15) is 5.10 Å². The minimum Gasteiger partial charge on any atom is -0.466 e. The van der Waals surface area contributed by atoms with Crippen LogP contribution in [0, 0.1) is 0 Å². The predicted molar refractivity (Wildman–Crippen MR) is 153 cm³/mol. The van der Waals surface area contributed by atoms with Gasteiger partial charge in [0.25, 0.3) is 0 Å². The smallest absolute Gasteiger partial charge is 0.306 e. The molecule has 4 rings (SSSR count). The SMILES string of the molecule is CCOC(=O)C[C@H](CC(=O)c1cnn(CCc2ccc3c(n2)NCCC3)c1)c1cc(Br)cc(C(C)(C)C)c1. The van der Waals surface area contributed by atoms with Crippen molar-refractivity contribution in [1.29, 1.82) is 0 Å². The van der Waals surface area contributed by atoms with Crippen molar-refractivity contribution >= 4 is 33.5 Å². The van der Waals surface area contributed by atoms with Crippen molar-refractivity contribution in [1.82, 2.24) is 14.8 Å². The molecule has 2 aromatic heterocycles. The van der Waals surface area contributed by atoms with E-state index in [4.69, 9.17) is 9.72 Å². The van der Waals surface area contributed by atoms with E-state index in [-0.39, 0.29) is 35.9 Å². The summed E-state index contributed by atoms with van der Waals surface area (Å²) >= 11 is 3.62. The van der Waals surface area contributed by atoms with Crippen molar-refractivity contribution in [3.63, 3.8) is 0 Å². The molecule has 0 bridgehead atoms. The largest absolute Gasteiger partial charge is 0.466 e. The summed E-state index contributed by atoms with van der Waals surface area (Å²) in [4.78, 5) is 30.5. The summed E-state index contributed by atoms with van der Waals surface area (Å²) in [6.45, 7) is 10.1. The zero-order valence-electron chi connectivity index (χ0n) is 22.7. The molecule has 3 heterocycles. The number of pyridine rings is 1. The number of hydrogen-bond donors (Lipinski definition) is 1. The van der Waals surface area contributed by atoms with E-state index >= 15 is 0 Å². The van der Waals surface area contributed by atoms with Gasteiger partial charge in [-0.25, -0.2) is 4.98 Å². The third kappa shape index (κ3) is 7.31. The topological polar surface area (TPSA) is 86.1 Å². The minimum atomic E-state index is -0.301. The number of anilines is 1. The Bertz CT molecular complexity index is 1290. The molecule has 0 aliphatic carbocycles. The molecule has 0 fully saturated rings. The molecule has 38 heavy (non-hydrogen) atoms. The maximum absolute atomic E-state index is 13.3. The standard InChI is InChI=1S/C30H37BrN4O3/c1-5-38-28(37)16-22(21-13-24(30(2,3)4)17-25(31)14-21)15-27(36)23-18-33-35(19-23)12-10-26-9-8-20-7-6-11-32-29(20)34-26/h8-9,13-14,17-19,22H,5-7,10-12,15-16H2,1-4H3,(H,32,34)/t22-/m0/s1. The number of ketones is 1. The highest BCUT2D eigenvalue weighted by molar-refractivity contribution is 9.10. The molecule has 8 heteroatoms. The van der Waals surface area contributed by atoms with Crippen LogP contribution in [0.25, 0.3) is 0 Å². The minimum absolute atomic E-state index is 0.0426. The zero-order chi connectivity index (χ0) is 27.3. The predicted octanol–water partition coefficient (Wildman–Crippen LogP) is 6.25. The van der Waals surface area contributed by atoms with E-state index in [0.29, 0.717) is 18.7 Å². The van der Waals surface area contributed by atoms with Gasteiger partial charge in [-0.1, -0.05) is 48.8 Å². The van der Waals surface area contributed by atoms with E-state index in [1.807, 2.05) is 6.07 Å². The summed E-state index contributed by atoms with van der Waals surface area (Å²) in [7, 11) is 0. The molecular weight excluding hydrogens is 544 g/mol. The summed E-state index contributed by atoms with van der Waals surface area (Å²) in [5.74, 6) is 0.347. The Labute approximate surface area is 233 Å².